The van der Waals surface area contributed by atoms with Crippen molar-refractivity contribution in [2.24, 2.45) is 0 Å². The Morgan fingerprint density at radius 1 is 0.679 bits per heavy atom. The number of allylic oxidation sites excluding steroid dienone is 10. The summed E-state index contributed by atoms with van der Waals surface area (Å²) in [5.74, 6) is -0.442. The largest absolute Gasteiger partial charge is 0.756 e. The van der Waals surface area contributed by atoms with Gasteiger partial charge >= 0.3 is 5.97 Å². The first-order valence-electron chi connectivity index (χ1n) is 21.8. The van der Waals surface area contributed by atoms with Crippen LogP contribution in [0, 0.1) is 0 Å². The number of likely N-dealkylation sites (N-methyl/N-ethyl adjacent to an activating group) is 1. The summed E-state index contributed by atoms with van der Waals surface area (Å²) in [7, 11) is 1.26. The molecule has 0 spiro atoms. The number of nitrogens with zero attached hydrogens (tertiary/aromatic N) is 1. The molecular formula is C46H80NO8P. The van der Waals surface area contributed by atoms with E-state index in [1.54, 1.807) is 6.26 Å². The zero-order valence-corrected chi connectivity index (χ0v) is 36.9. The summed E-state index contributed by atoms with van der Waals surface area (Å²) in [4.78, 5) is 25.0. The van der Waals surface area contributed by atoms with Crippen LogP contribution < -0.4 is 4.89 Å². The van der Waals surface area contributed by atoms with Crippen LogP contribution >= 0.6 is 7.82 Å². The van der Waals surface area contributed by atoms with Crippen LogP contribution in [-0.2, 0) is 32.6 Å². The fraction of sp³-hybridized carbons (Fsp3) is 0.717. The number of carbonyl (C=O) groups excluding carboxylic acids is 1. The molecule has 0 aromatic heterocycles. The predicted octanol–water partition coefficient (Wildman–Crippen LogP) is 11.4. The Morgan fingerprint density at radius 3 is 1.75 bits per heavy atom. The highest BCUT2D eigenvalue weighted by molar-refractivity contribution is 7.45. The van der Waals surface area contributed by atoms with Crippen LogP contribution in [0.5, 0.6) is 0 Å². The Labute approximate surface area is 342 Å². The molecule has 0 aromatic carbocycles. The minimum atomic E-state index is -4.57. The number of esters is 1. The third-order valence-corrected chi connectivity index (χ3v) is 10.3. The monoisotopic (exact) mass is 806 g/mol. The molecule has 0 aliphatic carbocycles. The number of hydrogen-bond acceptors (Lipinski definition) is 8. The van der Waals surface area contributed by atoms with E-state index in [0.29, 0.717) is 29.7 Å². The average molecular weight is 806 g/mol. The summed E-state index contributed by atoms with van der Waals surface area (Å²) >= 11 is 0. The summed E-state index contributed by atoms with van der Waals surface area (Å²) in [6.07, 6.45) is 47.9. The molecule has 322 valence electrons. The molecule has 1 fully saturated rings. The maximum Gasteiger partial charge on any atom is 0.306 e. The van der Waals surface area contributed by atoms with Gasteiger partial charge in [-0.25, -0.2) is 0 Å². The van der Waals surface area contributed by atoms with Crippen LogP contribution in [-0.4, -0.2) is 76.3 Å². The van der Waals surface area contributed by atoms with Gasteiger partial charge in [-0.2, -0.15) is 0 Å². The van der Waals surface area contributed by atoms with E-state index in [0.717, 1.165) is 51.4 Å². The average Bonchev–Trinajstić information content (AvgIpc) is 3.92. The maximum absolute atomic E-state index is 12.6. The number of unbranched alkanes of at least 4 members (excludes halogenated alkanes) is 12. The van der Waals surface area contributed by atoms with Gasteiger partial charge in [0.15, 0.2) is 6.10 Å². The lowest BCUT2D eigenvalue weighted by molar-refractivity contribution is -0.870. The minimum absolute atomic E-state index is 0.00178. The summed E-state index contributed by atoms with van der Waals surface area (Å²) in [5.41, 5.74) is 0. The van der Waals surface area contributed by atoms with Gasteiger partial charge in [0, 0.05) is 6.42 Å². The molecule has 1 saturated heterocycles. The molecule has 0 saturated carbocycles. The van der Waals surface area contributed by atoms with Gasteiger partial charge in [0.05, 0.1) is 46.2 Å². The van der Waals surface area contributed by atoms with E-state index < -0.39 is 19.9 Å². The number of phosphoric acid groups is 1. The molecule has 9 nitrogen and oxygen atoms in total. The van der Waals surface area contributed by atoms with E-state index in [2.05, 4.69) is 62.5 Å². The molecule has 10 heteroatoms. The first kappa shape index (κ1) is 51.8. The molecule has 0 radical (unpaired) electrons. The number of carbonyl (C=O) groups is 1. The van der Waals surface area contributed by atoms with E-state index in [1.165, 1.54) is 70.6 Å². The topological polar surface area (TPSA) is 107 Å². The van der Waals surface area contributed by atoms with Gasteiger partial charge in [0.1, 0.15) is 19.8 Å². The normalized spacial score (nSPS) is 18.0. The molecule has 56 heavy (non-hydrogen) atoms. The Balaban J connectivity index is 2.30. The number of ether oxygens (including phenoxy) is 3. The van der Waals surface area contributed by atoms with Crippen molar-refractivity contribution in [2.75, 3.05) is 47.5 Å². The van der Waals surface area contributed by atoms with Crippen LogP contribution in [0.2, 0.25) is 0 Å². The second kappa shape index (κ2) is 34.8. The first-order chi connectivity index (χ1) is 27.1. The summed E-state index contributed by atoms with van der Waals surface area (Å²) in [6, 6.07) is 0. The summed E-state index contributed by atoms with van der Waals surface area (Å²) in [5, 5.41) is 0. The van der Waals surface area contributed by atoms with Crippen molar-refractivity contribution in [3.05, 3.63) is 73.1 Å². The Hall–Kier alpha value is -2.26. The molecule has 0 amide bonds. The highest BCUT2D eigenvalue weighted by Crippen LogP contribution is 2.38. The first-order valence-corrected chi connectivity index (χ1v) is 23.3. The van der Waals surface area contributed by atoms with Gasteiger partial charge in [-0.3, -0.25) is 9.36 Å². The third kappa shape index (κ3) is 34.9. The smallest absolute Gasteiger partial charge is 0.306 e. The second-order valence-electron chi connectivity index (χ2n) is 15.8. The zero-order valence-electron chi connectivity index (χ0n) is 36.0. The summed E-state index contributed by atoms with van der Waals surface area (Å²) < 4.78 is 39.7. The van der Waals surface area contributed by atoms with E-state index in [4.69, 9.17) is 23.3 Å². The fourth-order valence-electron chi connectivity index (χ4n) is 5.78. The highest BCUT2D eigenvalue weighted by atomic mass is 31.2. The molecule has 1 heterocycles. The Bertz CT molecular complexity index is 1190. The van der Waals surface area contributed by atoms with E-state index in [-0.39, 0.29) is 26.2 Å². The van der Waals surface area contributed by atoms with Crippen molar-refractivity contribution in [3.63, 3.8) is 0 Å². The maximum atomic E-state index is 12.6. The van der Waals surface area contributed by atoms with Gasteiger partial charge < -0.3 is 32.6 Å². The highest BCUT2D eigenvalue weighted by Gasteiger charge is 2.35. The molecule has 0 aromatic rings. The molecule has 4 atom stereocenters. The van der Waals surface area contributed by atoms with Gasteiger partial charge in [-0.05, 0) is 63.9 Å². The van der Waals surface area contributed by atoms with Crippen molar-refractivity contribution in [1.82, 2.24) is 0 Å². The Morgan fingerprint density at radius 2 is 1.21 bits per heavy atom. The number of rotatable bonds is 38. The lowest BCUT2D eigenvalue weighted by atomic mass is 10.0. The Kier molecular flexibility index (Phi) is 32.1. The molecule has 1 aliphatic heterocycles. The van der Waals surface area contributed by atoms with E-state index >= 15 is 0 Å². The molecule has 1 aliphatic rings. The minimum Gasteiger partial charge on any atom is -0.756 e. The summed E-state index contributed by atoms with van der Waals surface area (Å²) in [6.45, 7) is 4.53. The van der Waals surface area contributed by atoms with Crippen molar-refractivity contribution < 1.29 is 42.0 Å². The molecule has 1 rings (SSSR count). The van der Waals surface area contributed by atoms with Crippen molar-refractivity contribution >= 4 is 13.8 Å². The second-order valence-corrected chi connectivity index (χ2v) is 17.2. The fourth-order valence-corrected chi connectivity index (χ4v) is 6.51. The molecule has 4 unspecified atom stereocenters. The SMILES string of the molecule is CCCCCCCCCCCCCC/C=C\OCC(COP(=O)([O-])OCC[N+](C)(C)C)OC(=O)CC/C=C\C/C=C\C/C=C\C/C=C\C/C=C\CC1OC1CC. The number of quaternary nitrogens is 1. The third-order valence-electron chi connectivity index (χ3n) is 9.32. The van der Waals surface area contributed by atoms with Crippen molar-refractivity contribution in [3.8, 4) is 0 Å². The quantitative estimate of drug-likeness (QED) is 0.0115. The predicted molar refractivity (Wildman–Crippen MR) is 230 cm³/mol. The van der Waals surface area contributed by atoms with Crippen LogP contribution in [0.4, 0.5) is 0 Å². The zero-order chi connectivity index (χ0) is 41.0. The lowest BCUT2D eigenvalue weighted by Gasteiger charge is -2.28. The van der Waals surface area contributed by atoms with Crippen molar-refractivity contribution in [1.29, 1.82) is 0 Å². The standard InChI is InChI=1S/C46H80NO8P/c1-6-8-9-10-11-12-13-14-20-23-26-29-32-35-39-51-41-43(42-53-56(49,50)52-40-38-47(3,4)5)54-46(48)37-34-31-28-25-22-19-17-15-16-18-21-24-27-30-33-36-45-44(7-2)55-45/h15-16,19,21-22,24,28,30-31,33,35,39,43-45H,6-14,17-18,20,23,25-27,29,32,34,36-38,40-42H2,1-5H3/b16-15-,22-19-,24-21-,31-28-,33-30-,39-35-. The number of hydrogen-bond donors (Lipinski definition) is 0. The van der Waals surface area contributed by atoms with Gasteiger partial charge in [0.2, 0.25) is 0 Å². The van der Waals surface area contributed by atoms with Crippen LogP contribution in [0.15, 0.2) is 73.1 Å². The van der Waals surface area contributed by atoms with Crippen LogP contribution in [0.25, 0.3) is 0 Å². The molecule has 0 bridgehead atoms. The van der Waals surface area contributed by atoms with E-state index in [1.807, 2.05) is 39.4 Å². The van der Waals surface area contributed by atoms with Gasteiger partial charge in [0.25, 0.3) is 7.82 Å². The molecule has 0 N–H and O–H groups in total. The van der Waals surface area contributed by atoms with Gasteiger partial charge in [-0.1, -0.05) is 145 Å². The lowest BCUT2D eigenvalue weighted by Crippen LogP contribution is -2.37. The van der Waals surface area contributed by atoms with E-state index in [9.17, 15) is 14.3 Å². The van der Waals surface area contributed by atoms with Crippen molar-refractivity contribution in [2.45, 2.75) is 167 Å². The molecular weight excluding hydrogens is 725 g/mol. The number of epoxide rings is 1. The van der Waals surface area contributed by atoms with Gasteiger partial charge in [-0.15, -0.1) is 0 Å². The number of phosphoric ester groups is 1. The van der Waals surface area contributed by atoms with Crippen LogP contribution in [0.1, 0.15) is 149 Å². The van der Waals surface area contributed by atoms with Crippen LogP contribution in [0.3, 0.4) is 0 Å².